The van der Waals surface area contributed by atoms with Gasteiger partial charge < -0.3 is 9.64 Å². The number of anilines is 1. The largest absolute Gasteiger partial charge is 0.492 e. The fraction of sp³-hybridized carbons (Fsp3) is 0.435. The predicted octanol–water partition coefficient (Wildman–Crippen LogP) is 2.66. The summed E-state index contributed by atoms with van der Waals surface area (Å²) in [5.41, 5.74) is 2.38. The molecule has 1 amide bonds. The number of nitrogens with zero attached hydrogens (tertiary/aromatic N) is 3. The first-order valence-electron chi connectivity index (χ1n) is 10.3. The molecule has 2 aromatic rings. The molecule has 5 heteroatoms. The van der Waals surface area contributed by atoms with Crippen LogP contribution in [0.4, 0.5) is 5.69 Å². The summed E-state index contributed by atoms with van der Waals surface area (Å²) in [5, 5.41) is 0. The zero-order chi connectivity index (χ0) is 19.3. The third kappa shape index (κ3) is 4.21. The maximum Gasteiger partial charge on any atom is 0.244 e. The number of rotatable bonds is 6. The number of amides is 1. The van der Waals surface area contributed by atoms with E-state index in [0.29, 0.717) is 6.61 Å². The highest BCUT2D eigenvalue weighted by molar-refractivity contribution is 5.98. The van der Waals surface area contributed by atoms with Crippen LogP contribution in [-0.4, -0.2) is 67.6 Å². The molecule has 2 aliphatic rings. The van der Waals surface area contributed by atoms with Crippen molar-refractivity contribution in [1.82, 2.24) is 9.80 Å². The van der Waals surface area contributed by atoms with Gasteiger partial charge in [0.1, 0.15) is 12.4 Å². The van der Waals surface area contributed by atoms with E-state index >= 15 is 0 Å². The summed E-state index contributed by atoms with van der Waals surface area (Å²) < 4.78 is 5.81. The van der Waals surface area contributed by atoms with Crippen molar-refractivity contribution < 1.29 is 9.53 Å². The van der Waals surface area contributed by atoms with Crippen LogP contribution in [0.15, 0.2) is 54.6 Å². The van der Waals surface area contributed by atoms with Crippen LogP contribution in [0.2, 0.25) is 0 Å². The molecule has 0 bridgehead atoms. The molecule has 5 nitrogen and oxygen atoms in total. The van der Waals surface area contributed by atoms with Crippen molar-refractivity contribution in [3.05, 3.63) is 60.2 Å². The molecular weight excluding hydrogens is 350 g/mol. The van der Waals surface area contributed by atoms with E-state index in [1.54, 1.807) is 0 Å². The monoisotopic (exact) mass is 379 g/mol. The van der Waals surface area contributed by atoms with Gasteiger partial charge in [0.25, 0.3) is 0 Å². The highest BCUT2D eigenvalue weighted by Crippen LogP contribution is 2.28. The lowest BCUT2D eigenvalue weighted by Crippen LogP contribution is -2.54. The van der Waals surface area contributed by atoms with Crippen LogP contribution in [0.25, 0.3) is 0 Å². The molecule has 2 aromatic carbocycles. The van der Waals surface area contributed by atoms with Crippen LogP contribution in [0, 0.1) is 0 Å². The van der Waals surface area contributed by atoms with Crippen molar-refractivity contribution in [3.63, 3.8) is 0 Å². The molecule has 0 N–H and O–H groups in total. The molecule has 0 aliphatic carbocycles. The van der Waals surface area contributed by atoms with Gasteiger partial charge in [-0.2, -0.15) is 0 Å². The van der Waals surface area contributed by atoms with Gasteiger partial charge in [-0.15, -0.1) is 0 Å². The number of fused-ring (bicyclic) bond motifs is 1. The molecule has 0 radical (unpaired) electrons. The van der Waals surface area contributed by atoms with Crippen molar-refractivity contribution in [2.45, 2.75) is 19.4 Å². The molecule has 1 atom stereocenters. The Morgan fingerprint density at radius 1 is 0.964 bits per heavy atom. The van der Waals surface area contributed by atoms with E-state index < -0.39 is 0 Å². The first-order valence-corrected chi connectivity index (χ1v) is 10.3. The molecule has 1 saturated heterocycles. The number of benzene rings is 2. The second-order valence-corrected chi connectivity index (χ2v) is 7.58. The van der Waals surface area contributed by atoms with Crippen LogP contribution in [0.3, 0.4) is 0 Å². The first kappa shape index (κ1) is 19.0. The Morgan fingerprint density at radius 2 is 1.68 bits per heavy atom. The van der Waals surface area contributed by atoms with Gasteiger partial charge in [-0.25, -0.2) is 0 Å². The van der Waals surface area contributed by atoms with Gasteiger partial charge in [-0.05, 0) is 37.1 Å². The number of para-hydroxylation sites is 2. The summed E-state index contributed by atoms with van der Waals surface area (Å²) in [6.07, 6.45) is 0.962. The Kier molecular flexibility index (Phi) is 5.93. The maximum absolute atomic E-state index is 13.1. The highest BCUT2D eigenvalue weighted by Gasteiger charge is 2.32. The Bertz CT molecular complexity index is 787. The molecule has 0 saturated carbocycles. The quantitative estimate of drug-likeness (QED) is 0.773. The molecule has 1 fully saturated rings. The normalized spacial score (nSPS) is 18.7. The van der Waals surface area contributed by atoms with Crippen LogP contribution < -0.4 is 9.64 Å². The smallest absolute Gasteiger partial charge is 0.244 e. The summed E-state index contributed by atoms with van der Waals surface area (Å²) in [4.78, 5) is 19.8. The van der Waals surface area contributed by atoms with E-state index in [0.717, 1.165) is 57.1 Å². The van der Waals surface area contributed by atoms with Gasteiger partial charge in [0.2, 0.25) is 5.91 Å². The minimum atomic E-state index is -0.0751. The lowest BCUT2D eigenvalue weighted by molar-refractivity contribution is -0.123. The average molecular weight is 380 g/mol. The minimum absolute atomic E-state index is 0.0751. The zero-order valence-electron chi connectivity index (χ0n) is 16.6. The van der Waals surface area contributed by atoms with E-state index in [-0.39, 0.29) is 11.9 Å². The third-order valence-corrected chi connectivity index (χ3v) is 5.88. The van der Waals surface area contributed by atoms with Gasteiger partial charge >= 0.3 is 0 Å². The number of piperazine rings is 1. The molecule has 1 unspecified atom stereocenters. The predicted molar refractivity (Wildman–Crippen MR) is 112 cm³/mol. The molecule has 2 heterocycles. The van der Waals surface area contributed by atoms with Crippen LogP contribution in [0.1, 0.15) is 12.5 Å². The molecule has 4 rings (SSSR count). The lowest BCUT2D eigenvalue weighted by Gasteiger charge is -2.38. The molecular formula is C23H29N3O2. The average Bonchev–Trinajstić information content (AvgIpc) is 3.18. The zero-order valence-corrected chi connectivity index (χ0v) is 16.6. The molecule has 0 aromatic heterocycles. The summed E-state index contributed by atoms with van der Waals surface area (Å²) in [7, 11) is 0. The second kappa shape index (κ2) is 8.76. The number of ether oxygens (including phenoxy) is 1. The number of carbonyl (C=O) groups excluding carboxylic acids is 1. The van der Waals surface area contributed by atoms with Gasteiger partial charge in [0.15, 0.2) is 0 Å². The van der Waals surface area contributed by atoms with Crippen molar-refractivity contribution in [2.75, 3.05) is 50.8 Å². The number of hydrogen-bond acceptors (Lipinski definition) is 4. The summed E-state index contributed by atoms with van der Waals surface area (Å²) in [6.45, 7) is 8.28. The minimum Gasteiger partial charge on any atom is -0.492 e. The molecule has 0 spiro atoms. The van der Waals surface area contributed by atoms with E-state index in [1.807, 2.05) is 41.3 Å². The highest BCUT2D eigenvalue weighted by atomic mass is 16.5. The van der Waals surface area contributed by atoms with Crippen molar-refractivity contribution in [3.8, 4) is 5.75 Å². The molecule has 2 aliphatic heterocycles. The van der Waals surface area contributed by atoms with Crippen LogP contribution in [0.5, 0.6) is 5.75 Å². The fourth-order valence-corrected chi connectivity index (χ4v) is 4.13. The van der Waals surface area contributed by atoms with Crippen LogP contribution >= 0.6 is 0 Å². The Labute approximate surface area is 167 Å². The third-order valence-electron chi connectivity index (χ3n) is 5.88. The Morgan fingerprint density at radius 3 is 2.46 bits per heavy atom. The van der Waals surface area contributed by atoms with E-state index in [2.05, 4.69) is 34.9 Å². The SMILES string of the molecule is CC(C(=O)N1CCc2ccccc21)N1CCN(CCOc2ccccc2)CC1. The van der Waals surface area contributed by atoms with Gasteiger partial charge in [-0.3, -0.25) is 14.6 Å². The van der Waals surface area contributed by atoms with Crippen molar-refractivity contribution in [1.29, 1.82) is 0 Å². The summed E-state index contributed by atoms with van der Waals surface area (Å²) >= 11 is 0. The first-order chi connectivity index (χ1) is 13.7. The van der Waals surface area contributed by atoms with E-state index in [1.165, 1.54) is 5.56 Å². The van der Waals surface area contributed by atoms with Crippen LogP contribution in [-0.2, 0) is 11.2 Å². The Balaban J connectivity index is 1.24. The molecule has 28 heavy (non-hydrogen) atoms. The number of carbonyl (C=O) groups is 1. The van der Waals surface area contributed by atoms with Crippen molar-refractivity contribution >= 4 is 11.6 Å². The summed E-state index contributed by atoms with van der Waals surface area (Å²) in [6, 6.07) is 18.1. The van der Waals surface area contributed by atoms with Gasteiger partial charge in [0, 0.05) is 45.0 Å². The topological polar surface area (TPSA) is 36.0 Å². The van der Waals surface area contributed by atoms with Gasteiger partial charge in [-0.1, -0.05) is 36.4 Å². The lowest BCUT2D eigenvalue weighted by atomic mass is 10.1. The fourth-order valence-electron chi connectivity index (χ4n) is 4.13. The maximum atomic E-state index is 13.1. The Hall–Kier alpha value is -2.37. The van der Waals surface area contributed by atoms with Gasteiger partial charge in [0.05, 0.1) is 6.04 Å². The molecule has 148 valence electrons. The number of hydrogen-bond donors (Lipinski definition) is 0. The van der Waals surface area contributed by atoms with E-state index in [4.69, 9.17) is 4.74 Å². The van der Waals surface area contributed by atoms with Crippen molar-refractivity contribution in [2.24, 2.45) is 0 Å². The van der Waals surface area contributed by atoms with E-state index in [9.17, 15) is 4.79 Å². The summed E-state index contributed by atoms with van der Waals surface area (Å²) in [5.74, 6) is 1.15. The standard InChI is InChI=1S/C23H29N3O2/c1-19(23(27)26-12-11-20-7-5-6-10-22(20)26)25-15-13-24(14-16-25)17-18-28-21-8-3-2-4-9-21/h2-10,19H,11-18H2,1H3. The second-order valence-electron chi connectivity index (χ2n) is 7.58.